The van der Waals surface area contributed by atoms with Crippen LogP contribution in [0.3, 0.4) is 0 Å². The van der Waals surface area contributed by atoms with Crippen LogP contribution >= 0.6 is 11.5 Å². The summed E-state index contributed by atoms with van der Waals surface area (Å²) in [6, 6.07) is 1.52. The van der Waals surface area contributed by atoms with E-state index in [2.05, 4.69) is 9.69 Å². The summed E-state index contributed by atoms with van der Waals surface area (Å²) in [4.78, 5) is 23.0. The molecule has 0 aliphatic carbocycles. The normalized spacial score (nSPS) is 11.9. The zero-order chi connectivity index (χ0) is 13.5. The van der Waals surface area contributed by atoms with E-state index in [1.807, 2.05) is 6.92 Å². The van der Waals surface area contributed by atoms with Crippen LogP contribution < -0.4 is 10.1 Å². The summed E-state index contributed by atoms with van der Waals surface area (Å²) in [6.07, 6.45) is 1.31. The monoisotopic (exact) mass is 272 g/mol. The van der Waals surface area contributed by atoms with Gasteiger partial charge in [-0.2, -0.15) is 4.37 Å². The number of carboxylic acid groups (broad SMARTS) is 1. The zero-order valence-corrected chi connectivity index (χ0v) is 11.1. The Balaban J connectivity index is 2.51. The van der Waals surface area contributed by atoms with Crippen molar-refractivity contribution in [1.29, 1.82) is 0 Å². The Morgan fingerprint density at radius 2 is 2.33 bits per heavy atom. The van der Waals surface area contributed by atoms with Gasteiger partial charge < -0.3 is 15.2 Å². The SMILES string of the molecule is CCC[C@@H](CNC(=O)c1cc(OC)ns1)C(=O)O. The molecule has 7 heteroatoms. The Kier molecular flexibility index (Phi) is 5.57. The molecular weight excluding hydrogens is 256 g/mol. The van der Waals surface area contributed by atoms with Crippen molar-refractivity contribution in [2.75, 3.05) is 13.7 Å². The summed E-state index contributed by atoms with van der Waals surface area (Å²) in [5, 5.41) is 11.5. The van der Waals surface area contributed by atoms with Crippen molar-refractivity contribution < 1.29 is 19.4 Å². The predicted molar refractivity (Wildman–Crippen MR) is 67.0 cm³/mol. The van der Waals surface area contributed by atoms with Gasteiger partial charge in [0.05, 0.1) is 13.0 Å². The summed E-state index contributed by atoms with van der Waals surface area (Å²) in [7, 11) is 1.47. The van der Waals surface area contributed by atoms with Crippen molar-refractivity contribution in [3.63, 3.8) is 0 Å². The van der Waals surface area contributed by atoms with Crippen molar-refractivity contribution in [2.24, 2.45) is 5.92 Å². The standard InChI is InChI=1S/C11H16N2O4S/c1-3-4-7(11(15)16)6-12-10(14)8-5-9(17-2)13-18-8/h5,7H,3-4,6H2,1-2H3,(H,12,14)(H,15,16)/t7-/m0/s1. The molecule has 1 heterocycles. The second-order valence-electron chi connectivity index (χ2n) is 3.77. The zero-order valence-electron chi connectivity index (χ0n) is 10.3. The number of nitrogens with zero attached hydrogens (tertiary/aromatic N) is 1. The number of carbonyl (C=O) groups excluding carboxylic acids is 1. The molecule has 0 radical (unpaired) electrons. The number of aromatic nitrogens is 1. The summed E-state index contributed by atoms with van der Waals surface area (Å²) in [6.45, 7) is 2.04. The second-order valence-corrected chi connectivity index (χ2v) is 4.57. The first-order chi connectivity index (χ1) is 8.58. The topological polar surface area (TPSA) is 88.5 Å². The number of nitrogens with one attached hydrogen (secondary N) is 1. The van der Waals surface area contributed by atoms with Gasteiger partial charge in [-0.05, 0) is 18.0 Å². The van der Waals surface area contributed by atoms with Crippen molar-refractivity contribution >= 4 is 23.4 Å². The van der Waals surface area contributed by atoms with E-state index < -0.39 is 11.9 Å². The molecule has 0 spiro atoms. The second kappa shape index (κ2) is 6.95. The Morgan fingerprint density at radius 1 is 1.61 bits per heavy atom. The van der Waals surface area contributed by atoms with E-state index in [-0.39, 0.29) is 12.5 Å². The number of aliphatic carboxylic acids is 1. The van der Waals surface area contributed by atoms with E-state index in [1.165, 1.54) is 13.2 Å². The first-order valence-electron chi connectivity index (χ1n) is 5.60. The summed E-state index contributed by atoms with van der Waals surface area (Å²) in [5.41, 5.74) is 0. The van der Waals surface area contributed by atoms with E-state index in [0.717, 1.165) is 18.0 Å². The van der Waals surface area contributed by atoms with Crippen LogP contribution in [-0.2, 0) is 4.79 Å². The van der Waals surface area contributed by atoms with E-state index in [0.29, 0.717) is 17.2 Å². The molecule has 0 unspecified atom stereocenters. The molecule has 6 nitrogen and oxygen atoms in total. The van der Waals surface area contributed by atoms with Gasteiger partial charge in [0.15, 0.2) is 0 Å². The fraction of sp³-hybridized carbons (Fsp3) is 0.545. The largest absolute Gasteiger partial charge is 0.481 e. The Labute approximate surface area is 109 Å². The average molecular weight is 272 g/mol. The third kappa shape index (κ3) is 3.99. The maximum absolute atomic E-state index is 11.7. The minimum absolute atomic E-state index is 0.127. The molecule has 0 aliphatic rings. The number of hydrogen-bond acceptors (Lipinski definition) is 5. The van der Waals surface area contributed by atoms with Crippen molar-refractivity contribution in [2.45, 2.75) is 19.8 Å². The molecule has 1 atom stereocenters. The van der Waals surface area contributed by atoms with Gasteiger partial charge in [0.1, 0.15) is 4.88 Å². The van der Waals surface area contributed by atoms with Crippen LogP contribution in [0, 0.1) is 5.92 Å². The first kappa shape index (κ1) is 14.4. The lowest BCUT2D eigenvalue weighted by Crippen LogP contribution is -2.32. The number of methoxy groups -OCH3 is 1. The Bertz CT molecular complexity index is 419. The molecule has 2 N–H and O–H groups in total. The van der Waals surface area contributed by atoms with E-state index in [9.17, 15) is 9.59 Å². The lowest BCUT2D eigenvalue weighted by atomic mass is 10.0. The number of rotatable bonds is 7. The number of hydrogen-bond donors (Lipinski definition) is 2. The molecule has 1 rings (SSSR count). The fourth-order valence-corrected chi connectivity index (χ4v) is 2.05. The van der Waals surface area contributed by atoms with Crippen LogP contribution in [0.25, 0.3) is 0 Å². The lowest BCUT2D eigenvalue weighted by Gasteiger charge is -2.11. The molecule has 0 saturated carbocycles. The minimum atomic E-state index is -0.890. The maximum atomic E-state index is 11.7. The molecule has 0 saturated heterocycles. The van der Waals surface area contributed by atoms with Gasteiger partial charge in [-0.15, -0.1) is 0 Å². The van der Waals surface area contributed by atoms with Crippen LogP contribution in [-0.4, -0.2) is 35.0 Å². The highest BCUT2D eigenvalue weighted by atomic mass is 32.1. The van der Waals surface area contributed by atoms with Crippen LogP contribution in [0.4, 0.5) is 0 Å². The third-order valence-electron chi connectivity index (χ3n) is 2.42. The maximum Gasteiger partial charge on any atom is 0.308 e. The Hall–Kier alpha value is -1.63. The van der Waals surface area contributed by atoms with Crippen LogP contribution in [0.5, 0.6) is 5.88 Å². The highest BCUT2D eigenvalue weighted by molar-refractivity contribution is 7.08. The minimum Gasteiger partial charge on any atom is -0.481 e. The number of ether oxygens (including phenoxy) is 1. The van der Waals surface area contributed by atoms with Crippen LogP contribution in [0.1, 0.15) is 29.4 Å². The van der Waals surface area contributed by atoms with Gasteiger partial charge in [-0.1, -0.05) is 13.3 Å². The molecule has 0 fully saturated rings. The fourth-order valence-electron chi connectivity index (χ4n) is 1.43. The number of amides is 1. The predicted octanol–water partition coefficient (Wildman–Crippen LogP) is 1.38. The molecule has 1 aromatic rings. The first-order valence-corrected chi connectivity index (χ1v) is 6.37. The van der Waals surface area contributed by atoms with Crippen LogP contribution in [0.2, 0.25) is 0 Å². The van der Waals surface area contributed by atoms with Crippen molar-refractivity contribution in [3.8, 4) is 5.88 Å². The van der Waals surface area contributed by atoms with Gasteiger partial charge in [-0.3, -0.25) is 9.59 Å². The average Bonchev–Trinajstić information content (AvgIpc) is 2.82. The van der Waals surface area contributed by atoms with E-state index >= 15 is 0 Å². The van der Waals surface area contributed by atoms with Gasteiger partial charge in [0, 0.05) is 12.6 Å². The molecule has 0 aliphatic heterocycles. The van der Waals surface area contributed by atoms with Crippen molar-refractivity contribution in [1.82, 2.24) is 9.69 Å². The van der Waals surface area contributed by atoms with Gasteiger partial charge in [-0.25, -0.2) is 0 Å². The summed E-state index contributed by atoms with van der Waals surface area (Å²) in [5.74, 6) is -1.38. The summed E-state index contributed by atoms with van der Waals surface area (Å²) < 4.78 is 8.77. The molecule has 0 aromatic carbocycles. The van der Waals surface area contributed by atoms with Gasteiger partial charge in [0.2, 0.25) is 5.88 Å². The van der Waals surface area contributed by atoms with Crippen molar-refractivity contribution in [3.05, 3.63) is 10.9 Å². The number of carbonyl (C=O) groups is 2. The van der Waals surface area contributed by atoms with Gasteiger partial charge >= 0.3 is 5.97 Å². The Morgan fingerprint density at radius 3 is 2.83 bits per heavy atom. The molecule has 18 heavy (non-hydrogen) atoms. The molecule has 0 bridgehead atoms. The quantitative estimate of drug-likeness (QED) is 0.783. The molecule has 1 amide bonds. The van der Waals surface area contributed by atoms with E-state index in [4.69, 9.17) is 9.84 Å². The summed E-state index contributed by atoms with van der Waals surface area (Å²) >= 11 is 1.02. The smallest absolute Gasteiger partial charge is 0.308 e. The molecule has 1 aromatic heterocycles. The van der Waals surface area contributed by atoms with E-state index in [1.54, 1.807) is 0 Å². The molecule has 100 valence electrons. The third-order valence-corrected chi connectivity index (χ3v) is 3.19. The van der Waals surface area contributed by atoms with Crippen LogP contribution in [0.15, 0.2) is 6.07 Å². The lowest BCUT2D eigenvalue weighted by molar-refractivity contribution is -0.141. The highest BCUT2D eigenvalue weighted by Crippen LogP contribution is 2.16. The van der Waals surface area contributed by atoms with Gasteiger partial charge in [0.25, 0.3) is 5.91 Å². The molecular formula is C11H16N2O4S. The number of carboxylic acids is 1. The highest BCUT2D eigenvalue weighted by Gasteiger charge is 2.18.